The number of halogens is 6. The molecule has 0 spiro atoms. The lowest BCUT2D eigenvalue weighted by Crippen LogP contribution is -1.96. The van der Waals surface area contributed by atoms with Crippen LogP contribution in [0.2, 0.25) is 20.1 Å². The first kappa shape index (κ1) is 14.7. The number of nitrogen functional groups attached to an aromatic ring is 1. The first-order chi connectivity index (χ1) is 8.82. The Labute approximate surface area is 127 Å². The van der Waals surface area contributed by atoms with Gasteiger partial charge in [-0.15, -0.1) is 0 Å². The molecule has 0 aliphatic rings. The number of benzene rings is 2. The largest absolute Gasteiger partial charge is 0.396 e. The predicted octanol–water partition coefficient (Wildman–Crippen LogP) is 5.83. The summed E-state index contributed by atoms with van der Waals surface area (Å²) < 4.78 is 27.3. The lowest BCUT2D eigenvalue weighted by atomic mass is 10.0. The zero-order valence-electron chi connectivity index (χ0n) is 9.08. The Bertz CT molecular complexity index is 674. The van der Waals surface area contributed by atoms with Crippen LogP contribution < -0.4 is 5.73 Å². The van der Waals surface area contributed by atoms with Gasteiger partial charge < -0.3 is 5.73 Å². The molecule has 2 aromatic rings. The molecule has 0 radical (unpaired) electrons. The highest BCUT2D eigenvalue weighted by Crippen LogP contribution is 2.44. The third-order valence-corrected chi connectivity index (χ3v) is 4.03. The standard InChI is InChI=1S/C12H5Cl4F2N/c13-5-2-6(14)11(15)12(16)10(5)4-1-8(18)9(19)3-7(4)17/h1-3H,19H2. The van der Waals surface area contributed by atoms with Crippen LogP contribution in [0.15, 0.2) is 18.2 Å². The van der Waals surface area contributed by atoms with Crippen molar-refractivity contribution in [1.82, 2.24) is 0 Å². The molecule has 1 nitrogen and oxygen atoms in total. The summed E-state index contributed by atoms with van der Waals surface area (Å²) in [6.45, 7) is 0. The quantitative estimate of drug-likeness (QED) is 0.394. The maximum absolute atomic E-state index is 13.9. The van der Waals surface area contributed by atoms with Gasteiger partial charge >= 0.3 is 0 Å². The third-order valence-electron chi connectivity index (χ3n) is 2.47. The molecule has 0 saturated heterocycles. The van der Waals surface area contributed by atoms with Crippen molar-refractivity contribution in [3.05, 3.63) is 49.9 Å². The molecule has 7 heteroatoms. The zero-order chi connectivity index (χ0) is 14.3. The van der Waals surface area contributed by atoms with Crippen molar-refractivity contribution in [2.24, 2.45) is 0 Å². The molecule has 0 heterocycles. The van der Waals surface area contributed by atoms with Gasteiger partial charge in [0.15, 0.2) is 0 Å². The molecule has 0 fully saturated rings. The van der Waals surface area contributed by atoms with Crippen molar-refractivity contribution < 1.29 is 8.78 Å². The third kappa shape index (κ3) is 2.61. The Balaban J connectivity index is 2.80. The van der Waals surface area contributed by atoms with Gasteiger partial charge in [0.1, 0.15) is 11.6 Å². The fraction of sp³-hybridized carbons (Fsp3) is 0. The van der Waals surface area contributed by atoms with E-state index in [2.05, 4.69) is 0 Å². The van der Waals surface area contributed by atoms with Crippen LogP contribution in [0.5, 0.6) is 0 Å². The summed E-state index contributed by atoms with van der Waals surface area (Å²) in [6, 6.07) is 3.06. The van der Waals surface area contributed by atoms with Crippen LogP contribution in [-0.4, -0.2) is 0 Å². The number of rotatable bonds is 1. The second-order valence-electron chi connectivity index (χ2n) is 3.70. The zero-order valence-corrected chi connectivity index (χ0v) is 12.1. The van der Waals surface area contributed by atoms with E-state index in [1.54, 1.807) is 0 Å². The van der Waals surface area contributed by atoms with Gasteiger partial charge in [-0.3, -0.25) is 0 Å². The molecular weight excluding hydrogens is 338 g/mol. The van der Waals surface area contributed by atoms with E-state index >= 15 is 0 Å². The number of anilines is 1. The fourth-order valence-corrected chi connectivity index (χ4v) is 2.68. The van der Waals surface area contributed by atoms with E-state index in [1.807, 2.05) is 0 Å². The van der Waals surface area contributed by atoms with Crippen LogP contribution in [0.25, 0.3) is 11.1 Å². The van der Waals surface area contributed by atoms with Crippen molar-refractivity contribution in [1.29, 1.82) is 0 Å². The summed E-state index contributed by atoms with van der Waals surface area (Å²) in [5.74, 6) is -1.55. The number of hydrogen-bond acceptors (Lipinski definition) is 1. The summed E-state index contributed by atoms with van der Waals surface area (Å²) in [5, 5.41) is 0.140. The van der Waals surface area contributed by atoms with Gasteiger partial charge in [-0.25, -0.2) is 8.78 Å². The maximum atomic E-state index is 13.9. The summed E-state index contributed by atoms with van der Waals surface area (Å²) in [4.78, 5) is 0. The van der Waals surface area contributed by atoms with E-state index < -0.39 is 11.6 Å². The van der Waals surface area contributed by atoms with Gasteiger partial charge in [-0.1, -0.05) is 46.4 Å². The van der Waals surface area contributed by atoms with Gasteiger partial charge in [-0.05, 0) is 12.1 Å². The van der Waals surface area contributed by atoms with Crippen molar-refractivity contribution in [2.45, 2.75) is 0 Å². The molecule has 2 N–H and O–H groups in total. The van der Waals surface area contributed by atoms with Gasteiger partial charge in [0.05, 0.1) is 25.8 Å². The van der Waals surface area contributed by atoms with Crippen LogP contribution in [0.1, 0.15) is 0 Å². The van der Waals surface area contributed by atoms with Crippen molar-refractivity contribution in [3.8, 4) is 11.1 Å². The van der Waals surface area contributed by atoms with Gasteiger partial charge in [0.2, 0.25) is 0 Å². The van der Waals surface area contributed by atoms with E-state index in [4.69, 9.17) is 52.1 Å². The summed E-state index contributed by atoms with van der Waals surface area (Å²) in [6.07, 6.45) is 0. The molecular formula is C12H5Cl4F2N. The average Bonchev–Trinajstić information content (AvgIpc) is 2.33. The minimum atomic E-state index is -0.783. The maximum Gasteiger partial charge on any atom is 0.146 e. The van der Waals surface area contributed by atoms with Crippen molar-refractivity contribution in [3.63, 3.8) is 0 Å². The molecule has 2 rings (SSSR count). The fourth-order valence-electron chi connectivity index (χ4n) is 1.57. The van der Waals surface area contributed by atoms with E-state index in [9.17, 15) is 8.78 Å². The molecule has 0 amide bonds. The van der Waals surface area contributed by atoms with Gasteiger partial charge in [0.25, 0.3) is 0 Å². The molecule has 0 saturated carbocycles. The molecule has 2 aromatic carbocycles. The van der Waals surface area contributed by atoms with Crippen LogP contribution in [0, 0.1) is 11.6 Å². The van der Waals surface area contributed by atoms with Crippen LogP contribution in [0.3, 0.4) is 0 Å². The first-order valence-corrected chi connectivity index (χ1v) is 6.42. The summed E-state index contributed by atoms with van der Waals surface area (Å²) in [7, 11) is 0. The highest BCUT2D eigenvalue weighted by molar-refractivity contribution is 6.51. The molecule has 0 aliphatic heterocycles. The summed E-state index contributed by atoms with van der Waals surface area (Å²) >= 11 is 23.6. The molecule has 100 valence electrons. The highest BCUT2D eigenvalue weighted by Gasteiger charge is 2.19. The molecule has 19 heavy (non-hydrogen) atoms. The minimum Gasteiger partial charge on any atom is -0.396 e. The van der Waals surface area contributed by atoms with Gasteiger partial charge in [-0.2, -0.15) is 0 Å². The Morgan fingerprint density at radius 3 is 2.05 bits per heavy atom. The number of hydrogen-bond donors (Lipinski definition) is 1. The molecule has 0 atom stereocenters. The van der Waals surface area contributed by atoms with E-state index in [0.717, 1.165) is 12.1 Å². The minimum absolute atomic E-state index is 0.0133. The Hall–Kier alpha value is -0.740. The second-order valence-corrected chi connectivity index (χ2v) is 5.27. The lowest BCUT2D eigenvalue weighted by molar-refractivity contribution is 0.607. The van der Waals surface area contributed by atoms with Crippen LogP contribution in [-0.2, 0) is 0 Å². The van der Waals surface area contributed by atoms with Gasteiger partial charge in [0, 0.05) is 17.2 Å². The predicted molar refractivity (Wildman–Crippen MR) is 76.2 cm³/mol. The molecule has 0 aromatic heterocycles. The Morgan fingerprint density at radius 1 is 0.789 bits per heavy atom. The van der Waals surface area contributed by atoms with Crippen LogP contribution >= 0.6 is 46.4 Å². The van der Waals surface area contributed by atoms with E-state index in [0.29, 0.717) is 0 Å². The van der Waals surface area contributed by atoms with Crippen molar-refractivity contribution in [2.75, 3.05) is 5.73 Å². The molecule has 0 bridgehead atoms. The summed E-state index contributed by atoms with van der Waals surface area (Å²) in [5.41, 5.74) is 4.88. The smallest absolute Gasteiger partial charge is 0.146 e. The number of nitrogens with two attached hydrogens (primary N) is 1. The molecule has 0 aliphatic carbocycles. The monoisotopic (exact) mass is 341 g/mol. The Morgan fingerprint density at radius 2 is 1.42 bits per heavy atom. The van der Waals surface area contributed by atoms with Crippen LogP contribution in [0.4, 0.5) is 14.5 Å². The second kappa shape index (κ2) is 5.33. The van der Waals surface area contributed by atoms with E-state index in [1.165, 1.54) is 6.07 Å². The SMILES string of the molecule is Nc1cc(F)c(-c2c(Cl)cc(Cl)c(Cl)c2Cl)cc1F. The van der Waals surface area contributed by atoms with Crippen molar-refractivity contribution >= 4 is 52.1 Å². The average molecular weight is 343 g/mol. The molecule has 0 unspecified atom stereocenters. The first-order valence-electron chi connectivity index (χ1n) is 4.90. The van der Waals surface area contributed by atoms with E-state index in [-0.39, 0.29) is 36.9 Å². The normalized spacial score (nSPS) is 10.8. The topological polar surface area (TPSA) is 26.0 Å². The Kier molecular flexibility index (Phi) is 4.11. The lowest BCUT2D eigenvalue weighted by Gasteiger charge is -2.12. The highest BCUT2D eigenvalue weighted by atomic mass is 35.5.